The van der Waals surface area contributed by atoms with Crippen LogP contribution in [0.2, 0.25) is 0 Å². The number of hydrogen-bond donors (Lipinski definition) is 1. The summed E-state index contributed by atoms with van der Waals surface area (Å²) < 4.78 is 5.43. The quantitative estimate of drug-likeness (QED) is 0.900. The van der Waals surface area contributed by atoms with Crippen LogP contribution in [0.25, 0.3) is 0 Å². The van der Waals surface area contributed by atoms with E-state index in [0.717, 1.165) is 5.69 Å². The van der Waals surface area contributed by atoms with Crippen LogP contribution in [-0.4, -0.2) is 28.0 Å². The maximum Gasteiger partial charge on any atom is 0.339 e. The van der Waals surface area contributed by atoms with Crippen molar-refractivity contribution in [3.05, 3.63) is 39.7 Å². The maximum absolute atomic E-state index is 10.9. The number of nitrogens with zero attached hydrogens (tertiary/aromatic N) is 2. The third kappa shape index (κ3) is 2.96. The van der Waals surface area contributed by atoms with Crippen LogP contribution in [0.4, 0.5) is 0 Å². The van der Waals surface area contributed by atoms with E-state index >= 15 is 0 Å². The van der Waals surface area contributed by atoms with Crippen LogP contribution < -0.4 is 0 Å². The normalized spacial score (nSPS) is 11.1. The van der Waals surface area contributed by atoms with E-state index in [0.29, 0.717) is 24.6 Å². The highest BCUT2D eigenvalue weighted by atomic mass is 32.1. The zero-order valence-corrected chi connectivity index (χ0v) is 11.0. The minimum atomic E-state index is -0.954. The molecule has 0 saturated heterocycles. The fourth-order valence-corrected chi connectivity index (χ4v) is 2.30. The van der Waals surface area contributed by atoms with Gasteiger partial charge in [-0.2, -0.15) is 0 Å². The maximum atomic E-state index is 10.9. The van der Waals surface area contributed by atoms with Gasteiger partial charge in [-0.1, -0.05) is 0 Å². The van der Waals surface area contributed by atoms with Gasteiger partial charge in [0.1, 0.15) is 17.1 Å². The molecule has 0 radical (unpaired) electrons. The molecular weight excluding hydrogens is 252 g/mol. The molecule has 2 aromatic rings. The van der Waals surface area contributed by atoms with Gasteiger partial charge >= 0.3 is 5.97 Å². The molecule has 2 aromatic heterocycles. The van der Waals surface area contributed by atoms with Gasteiger partial charge in [0.25, 0.3) is 0 Å². The lowest BCUT2D eigenvalue weighted by Gasteiger charge is -2.12. The first kappa shape index (κ1) is 12.8. The summed E-state index contributed by atoms with van der Waals surface area (Å²) in [5.41, 5.74) is 3.03. The molecule has 0 fully saturated rings. The van der Waals surface area contributed by atoms with E-state index in [1.807, 2.05) is 17.3 Å². The molecule has 18 heavy (non-hydrogen) atoms. The predicted molar refractivity (Wildman–Crippen MR) is 67.7 cm³/mol. The molecule has 6 heteroatoms. The smallest absolute Gasteiger partial charge is 0.339 e. The van der Waals surface area contributed by atoms with Crippen molar-refractivity contribution in [1.29, 1.82) is 0 Å². The van der Waals surface area contributed by atoms with Crippen LogP contribution in [-0.2, 0) is 13.1 Å². The molecular formula is C12H14N2O3S. The molecule has 0 amide bonds. The summed E-state index contributed by atoms with van der Waals surface area (Å²) in [7, 11) is 1.94. The van der Waals surface area contributed by atoms with E-state index in [9.17, 15) is 4.79 Å². The SMILES string of the molecule is Cc1oc(CN(C)Cc2cscn2)cc1C(=O)O. The van der Waals surface area contributed by atoms with Crippen molar-refractivity contribution < 1.29 is 14.3 Å². The van der Waals surface area contributed by atoms with Gasteiger partial charge in [-0.05, 0) is 20.0 Å². The van der Waals surface area contributed by atoms with Crippen molar-refractivity contribution in [2.45, 2.75) is 20.0 Å². The number of rotatable bonds is 5. The van der Waals surface area contributed by atoms with Crippen molar-refractivity contribution in [2.75, 3.05) is 7.05 Å². The molecule has 0 atom stereocenters. The summed E-state index contributed by atoms with van der Waals surface area (Å²) in [6.07, 6.45) is 0. The lowest BCUT2D eigenvalue weighted by molar-refractivity contribution is 0.0695. The summed E-state index contributed by atoms with van der Waals surface area (Å²) in [5.74, 6) is 0.145. The number of aryl methyl sites for hydroxylation is 1. The van der Waals surface area contributed by atoms with Gasteiger partial charge in [-0.3, -0.25) is 4.90 Å². The molecule has 2 rings (SSSR count). The Kier molecular flexibility index (Phi) is 3.78. The second-order valence-corrected chi connectivity index (χ2v) is 4.86. The van der Waals surface area contributed by atoms with Gasteiger partial charge < -0.3 is 9.52 Å². The van der Waals surface area contributed by atoms with Gasteiger partial charge in [0, 0.05) is 11.9 Å². The molecule has 0 aliphatic heterocycles. The molecule has 0 bridgehead atoms. The molecule has 0 unspecified atom stereocenters. The Hall–Kier alpha value is -1.66. The van der Waals surface area contributed by atoms with Crippen molar-refractivity contribution in [1.82, 2.24) is 9.88 Å². The van der Waals surface area contributed by atoms with E-state index in [2.05, 4.69) is 4.98 Å². The minimum absolute atomic E-state index is 0.229. The van der Waals surface area contributed by atoms with Gasteiger partial charge in [-0.25, -0.2) is 9.78 Å². The lowest BCUT2D eigenvalue weighted by atomic mass is 10.2. The molecule has 0 aliphatic rings. The lowest BCUT2D eigenvalue weighted by Crippen LogP contribution is -2.17. The van der Waals surface area contributed by atoms with Crippen LogP contribution in [0.15, 0.2) is 21.4 Å². The van der Waals surface area contributed by atoms with Gasteiger partial charge in [-0.15, -0.1) is 11.3 Å². The fourth-order valence-electron chi connectivity index (χ4n) is 1.75. The zero-order chi connectivity index (χ0) is 13.1. The Bertz CT molecular complexity index is 534. The van der Waals surface area contributed by atoms with E-state index in [4.69, 9.17) is 9.52 Å². The van der Waals surface area contributed by atoms with Gasteiger partial charge in [0.2, 0.25) is 0 Å². The number of carboxylic acids is 1. The molecule has 0 aromatic carbocycles. The van der Waals surface area contributed by atoms with Gasteiger partial charge in [0.05, 0.1) is 17.7 Å². The number of thiazole rings is 1. The standard InChI is InChI=1S/C12H14N2O3S/c1-8-11(12(15)16)3-10(17-8)5-14(2)4-9-6-18-7-13-9/h3,6-7H,4-5H2,1-2H3,(H,15,16). The Morgan fingerprint density at radius 3 is 2.89 bits per heavy atom. The fraction of sp³-hybridized carbons (Fsp3) is 0.333. The highest BCUT2D eigenvalue weighted by Crippen LogP contribution is 2.16. The summed E-state index contributed by atoms with van der Waals surface area (Å²) in [4.78, 5) is 17.1. The third-order valence-electron chi connectivity index (χ3n) is 2.54. The minimum Gasteiger partial charge on any atom is -0.478 e. The first-order chi connectivity index (χ1) is 8.56. The van der Waals surface area contributed by atoms with Crippen molar-refractivity contribution in [3.63, 3.8) is 0 Å². The van der Waals surface area contributed by atoms with Crippen LogP contribution in [0.1, 0.15) is 27.6 Å². The summed E-state index contributed by atoms with van der Waals surface area (Å²) in [5, 5.41) is 10.9. The van der Waals surface area contributed by atoms with Crippen LogP contribution >= 0.6 is 11.3 Å². The topological polar surface area (TPSA) is 66.6 Å². The Balaban J connectivity index is 2.01. The summed E-state index contributed by atoms with van der Waals surface area (Å²) in [6.45, 7) is 2.94. The van der Waals surface area contributed by atoms with E-state index in [1.54, 1.807) is 29.8 Å². The highest BCUT2D eigenvalue weighted by molar-refractivity contribution is 7.07. The second kappa shape index (κ2) is 5.32. The molecule has 5 nitrogen and oxygen atoms in total. The van der Waals surface area contributed by atoms with Crippen LogP contribution in [0.3, 0.4) is 0 Å². The first-order valence-corrected chi connectivity index (χ1v) is 6.38. The number of hydrogen-bond acceptors (Lipinski definition) is 5. The number of aromatic nitrogens is 1. The monoisotopic (exact) mass is 266 g/mol. The van der Waals surface area contributed by atoms with Crippen molar-refractivity contribution >= 4 is 17.3 Å². The summed E-state index contributed by atoms with van der Waals surface area (Å²) >= 11 is 1.56. The van der Waals surface area contributed by atoms with Gasteiger partial charge in [0.15, 0.2) is 0 Å². The number of carbonyl (C=O) groups is 1. The van der Waals surface area contributed by atoms with Crippen LogP contribution in [0.5, 0.6) is 0 Å². The average molecular weight is 266 g/mol. The van der Waals surface area contributed by atoms with Crippen molar-refractivity contribution in [3.8, 4) is 0 Å². The summed E-state index contributed by atoms with van der Waals surface area (Å²) in [6, 6.07) is 1.58. The molecule has 0 saturated carbocycles. The predicted octanol–water partition coefficient (Wildman–Crippen LogP) is 2.37. The number of carboxylic acid groups (broad SMARTS) is 1. The Morgan fingerprint density at radius 2 is 2.33 bits per heavy atom. The largest absolute Gasteiger partial charge is 0.478 e. The molecule has 0 aliphatic carbocycles. The second-order valence-electron chi connectivity index (χ2n) is 4.14. The third-order valence-corrected chi connectivity index (χ3v) is 3.18. The van der Waals surface area contributed by atoms with Crippen LogP contribution in [0, 0.1) is 6.92 Å². The van der Waals surface area contributed by atoms with E-state index in [-0.39, 0.29) is 5.56 Å². The van der Waals surface area contributed by atoms with E-state index in [1.165, 1.54) is 0 Å². The number of furan rings is 1. The first-order valence-electron chi connectivity index (χ1n) is 5.44. The van der Waals surface area contributed by atoms with Crippen molar-refractivity contribution in [2.24, 2.45) is 0 Å². The average Bonchev–Trinajstić information content (AvgIpc) is 2.88. The number of aromatic carboxylic acids is 1. The Labute approximate surface area is 109 Å². The van der Waals surface area contributed by atoms with E-state index < -0.39 is 5.97 Å². The molecule has 2 heterocycles. The molecule has 1 N–H and O–H groups in total. The zero-order valence-electron chi connectivity index (χ0n) is 10.2. The highest BCUT2D eigenvalue weighted by Gasteiger charge is 2.14. The Morgan fingerprint density at radius 1 is 1.56 bits per heavy atom. The molecule has 96 valence electrons. The molecule has 0 spiro atoms.